The van der Waals surface area contributed by atoms with E-state index in [-0.39, 0.29) is 30.2 Å². The van der Waals surface area contributed by atoms with Gasteiger partial charge in [-0.05, 0) is 0 Å². The summed E-state index contributed by atoms with van der Waals surface area (Å²) in [4.78, 5) is 0. The topological polar surface area (TPSA) is 9.23 Å². The van der Waals surface area contributed by atoms with Gasteiger partial charge in [-0.3, -0.25) is 0 Å². The van der Waals surface area contributed by atoms with Crippen LogP contribution in [0.25, 0.3) is 0 Å². The van der Waals surface area contributed by atoms with Gasteiger partial charge in [-0.1, -0.05) is 0 Å². The van der Waals surface area contributed by atoms with Crippen molar-refractivity contribution in [3.63, 3.8) is 0 Å². The minimum atomic E-state index is -1.74. The van der Waals surface area contributed by atoms with Gasteiger partial charge >= 0.3 is 168 Å². The number of benzene rings is 1. The van der Waals surface area contributed by atoms with E-state index in [1.807, 2.05) is 6.07 Å². The molecule has 7 heteroatoms. The third kappa shape index (κ3) is 7.37. The molecule has 1 aromatic rings. The standard InChI is InChI=1S/C10H13ClO.C8H13Si.C2H7Si.2ClH.Ti/c1-10(2,3)7-4-8(11)6-9(12)5-7;1-9(2,3)8-6-4-5-7-8;1-3-2;;;/h4-6,12H,1-3H3;4,6H,5H2,1-3H3;3H,1-2H3;2*1H;/q;;;;;+1/p-1. The van der Waals surface area contributed by atoms with Crippen LogP contribution >= 0.6 is 36.4 Å². The van der Waals surface area contributed by atoms with E-state index in [0.29, 0.717) is 0 Å². The molecule has 0 radical (unpaired) electrons. The number of halogens is 3. The second-order valence-corrected chi connectivity index (χ2v) is 27.1. The SMILES string of the molecule is C[SiH](C)[Ti]([O]c1cc(Cl)cc(C(C)(C)C)c1)[C]1=C([Si](C)(C)C)C=CC1.Cl.Cl. The van der Waals surface area contributed by atoms with Crippen molar-refractivity contribution in [1.29, 1.82) is 0 Å². The first kappa shape index (κ1) is 27.5. The van der Waals surface area contributed by atoms with Crippen molar-refractivity contribution in [2.24, 2.45) is 0 Å². The van der Waals surface area contributed by atoms with E-state index in [4.69, 9.17) is 14.9 Å². The molecule has 0 heterocycles. The normalized spacial score (nSPS) is 14.1. The van der Waals surface area contributed by atoms with Crippen LogP contribution in [0, 0.1) is 0 Å². The van der Waals surface area contributed by atoms with Crippen molar-refractivity contribution < 1.29 is 20.8 Å². The minimum Gasteiger partial charge on any atom is -0.147 e. The van der Waals surface area contributed by atoms with Crippen molar-refractivity contribution >= 4 is 51.2 Å². The Hall–Kier alpha value is 0.518. The van der Waals surface area contributed by atoms with Gasteiger partial charge in [-0.15, -0.1) is 24.8 Å². The molecule has 0 saturated heterocycles. The Morgan fingerprint density at radius 1 is 1.07 bits per heavy atom. The molecular formula is C20H34Cl3OSi2Ti. The Labute approximate surface area is 191 Å². The Kier molecular flexibility index (Phi) is 10.7. The molecule has 0 amide bonds. The van der Waals surface area contributed by atoms with Crippen LogP contribution in [-0.2, 0) is 22.9 Å². The number of rotatable bonds is 5. The molecule has 0 aliphatic heterocycles. The summed E-state index contributed by atoms with van der Waals surface area (Å²) in [5.41, 5.74) is 1.33. The van der Waals surface area contributed by atoms with Crippen LogP contribution in [0.15, 0.2) is 39.4 Å². The molecule has 0 bridgehead atoms. The molecule has 0 saturated carbocycles. The van der Waals surface area contributed by atoms with E-state index in [2.05, 4.69) is 77.8 Å². The third-order valence-corrected chi connectivity index (χ3v) is 17.5. The first-order chi connectivity index (χ1) is 11.4. The van der Waals surface area contributed by atoms with Crippen molar-refractivity contribution in [3.8, 4) is 5.75 Å². The van der Waals surface area contributed by atoms with E-state index < -0.39 is 32.3 Å². The van der Waals surface area contributed by atoms with Gasteiger partial charge in [-0.25, -0.2) is 0 Å². The van der Waals surface area contributed by atoms with Crippen molar-refractivity contribution in [2.75, 3.05) is 0 Å². The van der Waals surface area contributed by atoms with Crippen molar-refractivity contribution in [3.05, 3.63) is 50.0 Å². The van der Waals surface area contributed by atoms with E-state index >= 15 is 0 Å². The van der Waals surface area contributed by atoms with Crippen LogP contribution in [-0.4, -0.2) is 14.7 Å². The van der Waals surface area contributed by atoms with Gasteiger partial charge < -0.3 is 0 Å². The van der Waals surface area contributed by atoms with Crippen LogP contribution in [0.4, 0.5) is 0 Å². The number of allylic oxidation sites excluding steroid dienone is 4. The van der Waals surface area contributed by atoms with Gasteiger partial charge in [0.2, 0.25) is 0 Å². The first-order valence-corrected chi connectivity index (χ1v) is 20.0. The van der Waals surface area contributed by atoms with Crippen molar-refractivity contribution in [2.45, 2.75) is 65.3 Å². The summed E-state index contributed by atoms with van der Waals surface area (Å²) >= 11 is 4.68. The van der Waals surface area contributed by atoms with Crippen LogP contribution in [0.5, 0.6) is 5.75 Å². The molecule has 0 spiro atoms. The average molecular weight is 501 g/mol. The maximum atomic E-state index is 6.77. The molecule has 1 aromatic carbocycles. The molecule has 0 N–H and O–H groups in total. The fourth-order valence-electron chi connectivity index (χ4n) is 3.15. The van der Waals surface area contributed by atoms with Gasteiger partial charge in [0, 0.05) is 0 Å². The maximum absolute atomic E-state index is 6.77. The number of hydrogen-bond acceptors (Lipinski definition) is 1. The predicted molar refractivity (Wildman–Crippen MR) is 128 cm³/mol. The summed E-state index contributed by atoms with van der Waals surface area (Å²) in [5.74, 6) is 0.989. The Balaban J connectivity index is 0.00000338. The zero-order valence-corrected chi connectivity index (χ0v) is 23.9. The van der Waals surface area contributed by atoms with Crippen LogP contribution in [0.1, 0.15) is 32.8 Å². The largest absolute Gasteiger partial charge is 0.147 e. The Bertz CT molecular complexity index is 704. The van der Waals surface area contributed by atoms with E-state index in [0.717, 1.165) is 17.2 Å². The molecule has 1 aliphatic rings. The summed E-state index contributed by atoms with van der Waals surface area (Å²) in [6, 6.07) is 6.30. The molecule has 2 rings (SSSR count). The number of hydrogen-bond donors (Lipinski definition) is 0. The average Bonchev–Trinajstić information content (AvgIpc) is 2.92. The summed E-state index contributed by atoms with van der Waals surface area (Å²) in [7, 11) is -1.31. The van der Waals surface area contributed by atoms with Gasteiger partial charge in [0.15, 0.2) is 0 Å². The predicted octanol–water partition coefficient (Wildman–Crippen LogP) is 7.47. The maximum Gasteiger partial charge on any atom is -0.147 e. The fraction of sp³-hybridized carbons (Fsp3) is 0.500. The molecule has 0 fully saturated rings. The van der Waals surface area contributed by atoms with Crippen molar-refractivity contribution in [1.82, 2.24) is 0 Å². The Morgan fingerprint density at radius 3 is 2.15 bits per heavy atom. The minimum absolute atomic E-state index is 0. The summed E-state index contributed by atoms with van der Waals surface area (Å²) in [6.45, 7) is 18.1. The van der Waals surface area contributed by atoms with Gasteiger partial charge in [-0.2, -0.15) is 0 Å². The quantitative estimate of drug-likeness (QED) is 0.381. The monoisotopic (exact) mass is 499 g/mol. The molecule has 0 aromatic heterocycles. The molecule has 0 unspecified atom stereocenters. The molecular weight excluding hydrogens is 467 g/mol. The third-order valence-electron chi connectivity index (χ3n) is 4.53. The van der Waals surface area contributed by atoms with Gasteiger partial charge in [0.25, 0.3) is 0 Å². The van der Waals surface area contributed by atoms with Crippen LogP contribution < -0.4 is 3.32 Å². The summed E-state index contributed by atoms with van der Waals surface area (Å²) in [6.07, 6.45) is 5.87. The molecule has 153 valence electrons. The summed E-state index contributed by atoms with van der Waals surface area (Å²) < 4.78 is 8.46. The fourth-order valence-corrected chi connectivity index (χ4v) is 16.7. The van der Waals surface area contributed by atoms with Crippen LogP contribution in [0.2, 0.25) is 37.8 Å². The zero-order valence-electron chi connectivity index (χ0n) is 17.8. The first-order valence-electron chi connectivity index (χ1n) is 9.16. The molecule has 27 heavy (non-hydrogen) atoms. The van der Waals surface area contributed by atoms with E-state index in [1.165, 1.54) is 5.56 Å². The second-order valence-electron chi connectivity index (χ2n) is 9.30. The van der Waals surface area contributed by atoms with Gasteiger partial charge in [0.1, 0.15) is 0 Å². The molecule has 1 nitrogen and oxygen atoms in total. The Morgan fingerprint density at radius 2 is 1.67 bits per heavy atom. The van der Waals surface area contributed by atoms with Crippen LogP contribution in [0.3, 0.4) is 0 Å². The summed E-state index contributed by atoms with van der Waals surface area (Å²) in [5, 5.41) is 2.44. The zero-order chi connectivity index (χ0) is 19.0. The van der Waals surface area contributed by atoms with Gasteiger partial charge in [0.05, 0.1) is 0 Å². The second kappa shape index (κ2) is 10.5. The van der Waals surface area contributed by atoms with E-state index in [9.17, 15) is 0 Å². The molecule has 1 aliphatic carbocycles. The van der Waals surface area contributed by atoms with E-state index in [1.54, 1.807) is 9.07 Å². The molecule has 0 atom stereocenters. The smallest absolute Gasteiger partial charge is 0.147 e.